The Hall–Kier alpha value is -2.85. The molecule has 1 saturated heterocycles. The number of aliphatic hydroxyl groups is 1. The number of nitrogen functional groups attached to an aromatic ring is 1. The summed E-state index contributed by atoms with van der Waals surface area (Å²) < 4.78 is 46.6. The highest BCUT2D eigenvalue weighted by Crippen LogP contribution is 2.33. The van der Waals surface area contributed by atoms with E-state index in [1.807, 2.05) is 4.90 Å². The van der Waals surface area contributed by atoms with Gasteiger partial charge in [0.05, 0.1) is 42.5 Å². The summed E-state index contributed by atoms with van der Waals surface area (Å²) in [6, 6.07) is 1.71. The van der Waals surface area contributed by atoms with Gasteiger partial charge in [-0.05, 0) is 25.0 Å². The Morgan fingerprint density at radius 3 is 2.61 bits per heavy atom. The van der Waals surface area contributed by atoms with Gasteiger partial charge in [-0.3, -0.25) is 0 Å². The number of allylic oxidation sites excluding steroid dienone is 5. The van der Waals surface area contributed by atoms with Crippen LogP contribution in [0.2, 0.25) is 0 Å². The Labute approximate surface area is 178 Å². The Morgan fingerprint density at radius 1 is 1.35 bits per heavy atom. The van der Waals surface area contributed by atoms with Gasteiger partial charge in [-0.1, -0.05) is 18.7 Å². The number of aliphatic hydroxyl groups excluding tert-OH is 1. The number of ether oxygens (including phenoxy) is 1. The van der Waals surface area contributed by atoms with Crippen molar-refractivity contribution in [2.24, 2.45) is 0 Å². The minimum atomic E-state index is -4.54. The van der Waals surface area contributed by atoms with Crippen LogP contribution >= 0.6 is 0 Å². The summed E-state index contributed by atoms with van der Waals surface area (Å²) in [5, 5.41) is 14.5. The third-order valence-corrected chi connectivity index (χ3v) is 5.26. The summed E-state index contributed by atoms with van der Waals surface area (Å²) in [4.78, 5) is 6.39. The molecule has 168 valence electrons. The van der Waals surface area contributed by atoms with E-state index in [2.05, 4.69) is 16.7 Å². The minimum Gasteiger partial charge on any atom is -0.396 e. The molecule has 1 fully saturated rings. The molecule has 3 heterocycles. The Morgan fingerprint density at radius 2 is 2.03 bits per heavy atom. The zero-order valence-electron chi connectivity index (χ0n) is 17.5. The predicted octanol–water partition coefficient (Wildman–Crippen LogP) is 3.19. The Balaban J connectivity index is 2.13. The number of nitrogens with two attached hydrogens (primary N) is 1. The van der Waals surface area contributed by atoms with E-state index in [0.29, 0.717) is 60.4 Å². The van der Waals surface area contributed by atoms with Crippen molar-refractivity contribution in [2.75, 3.05) is 36.9 Å². The van der Waals surface area contributed by atoms with Crippen LogP contribution in [0.3, 0.4) is 0 Å². The van der Waals surface area contributed by atoms with E-state index in [4.69, 9.17) is 10.5 Å². The smallest absolute Gasteiger partial charge is 0.396 e. The van der Waals surface area contributed by atoms with Gasteiger partial charge in [0.25, 0.3) is 0 Å². The fourth-order valence-corrected chi connectivity index (χ4v) is 3.47. The van der Waals surface area contributed by atoms with E-state index in [9.17, 15) is 18.3 Å². The van der Waals surface area contributed by atoms with Crippen LogP contribution in [0.15, 0.2) is 41.5 Å². The maximum Gasteiger partial charge on any atom is 0.416 e. The summed E-state index contributed by atoms with van der Waals surface area (Å²) in [6.45, 7) is 8.32. The standard InChI is InChI=1S/C21H26F3N5O2/c1-4-5-15(13(2)14(3)21(22,23)24)10-18-17(12-30)26-20-16(25)11-19(27-29(18)20)28-6-8-31-9-7-28/h4-5,11,30H,3,6-10,12,25H2,1-2H3/b5-4-,15-13+. The van der Waals surface area contributed by atoms with E-state index in [-0.39, 0.29) is 12.0 Å². The van der Waals surface area contributed by atoms with Gasteiger partial charge in [0.2, 0.25) is 0 Å². The van der Waals surface area contributed by atoms with Crippen LogP contribution in [0.5, 0.6) is 0 Å². The number of alkyl halides is 3. The molecule has 0 amide bonds. The lowest BCUT2D eigenvalue weighted by Gasteiger charge is -2.27. The molecule has 0 unspecified atom stereocenters. The van der Waals surface area contributed by atoms with Crippen LogP contribution in [0.4, 0.5) is 24.7 Å². The largest absolute Gasteiger partial charge is 0.416 e. The molecule has 7 nitrogen and oxygen atoms in total. The van der Waals surface area contributed by atoms with Gasteiger partial charge >= 0.3 is 6.18 Å². The second-order valence-corrected chi connectivity index (χ2v) is 7.26. The number of nitrogens with zero attached hydrogens (tertiary/aromatic N) is 4. The highest BCUT2D eigenvalue weighted by atomic mass is 19.4. The first-order chi connectivity index (χ1) is 14.7. The number of morpholine rings is 1. The molecule has 0 aromatic carbocycles. The molecule has 0 saturated carbocycles. The van der Waals surface area contributed by atoms with Gasteiger partial charge in [-0.2, -0.15) is 13.2 Å². The first kappa shape index (κ1) is 22.8. The van der Waals surface area contributed by atoms with Gasteiger partial charge < -0.3 is 20.5 Å². The van der Waals surface area contributed by atoms with Crippen molar-refractivity contribution in [1.82, 2.24) is 14.6 Å². The van der Waals surface area contributed by atoms with Gasteiger partial charge in [0.15, 0.2) is 11.5 Å². The molecule has 2 aromatic heterocycles. The highest BCUT2D eigenvalue weighted by Gasteiger charge is 2.33. The number of aromatic nitrogens is 3. The molecule has 3 N–H and O–H groups in total. The molecule has 0 bridgehead atoms. The van der Waals surface area contributed by atoms with Gasteiger partial charge in [-0.15, -0.1) is 5.10 Å². The molecule has 0 radical (unpaired) electrons. The zero-order valence-corrected chi connectivity index (χ0v) is 17.5. The fourth-order valence-electron chi connectivity index (χ4n) is 3.47. The van der Waals surface area contributed by atoms with Crippen molar-refractivity contribution in [3.8, 4) is 0 Å². The average Bonchev–Trinajstić information content (AvgIpc) is 3.10. The summed E-state index contributed by atoms with van der Waals surface area (Å²) in [5.41, 5.74) is 7.21. The summed E-state index contributed by atoms with van der Waals surface area (Å²) in [6.07, 6.45) is -1.21. The van der Waals surface area contributed by atoms with Gasteiger partial charge in [0, 0.05) is 25.6 Å². The quantitative estimate of drug-likeness (QED) is 0.675. The van der Waals surface area contributed by atoms with Crippen LogP contribution in [0.25, 0.3) is 5.65 Å². The lowest BCUT2D eigenvalue weighted by atomic mass is 9.97. The third-order valence-electron chi connectivity index (χ3n) is 5.26. The molecule has 2 aromatic rings. The van der Waals surface area contributed by atoms with Crippen LogP contribution in [0, 0.1) is 0 Å². The lowest BCUT2D eigenvalue weighted by Crippen LogP contribution is -2.37. The number of rotatable bonds is 6. The van der Waals surface area contributed by atoms with Crippen molar-refractivity contribution >= 4 is 17.2 Å². The summed E-state index contributed by atoms with van der Waals surface area (Å²) in [5.74, 6) is 0.615. The number of imidazole rings is 1. The van der Waals surface area contributed by atoms with E-state index in [1.165, 1.54) is 11.4 Å². The van der Waals surface area contributed by atoms with Crippen LogP contribution in [-0.4, -0.2) is 52.2 Å². The van der Waals surface area contributed by atoms with E-state index in [0.717, 1.165) is 0 Å². The predicted molar refractivity (Wildman–Crippen MR) is 113 cm³/mol. The summed E-state index contributed by atoms with van der Waals surface area (Å²) >= 11 is 0. The van der Waals surface area contributed by atoms with Crippen LogP contribution in [-0.2, 0) is 17.8 Å². The molecule has 1 aliphatic heterocycles. The number of hydrogen-bond acceptors (Lipinski definition) is 6. The maximum atomic E-state index is 13.2. The first-order valence-electron chi connectivity index (χ1n) is 9.86. The average molecular weight is 437 g/mol. The minimum absolute atomic E-state index is 0.0155. The van der Waals surface area contributed by atoms with E-state index in [1.54, 1.807) is 25.1 Å². The third kappa shape index (κ3) is 4.75. The maximum absolute atomic E-state index is 13.2. The number of hydrogen-bond donors (Lipinski definition) is 2. The van der Waals surface area contributed by atoms with Crippen LogP contribution < -0.4 is 10.6 Å². The molecule has 0 spiro atoms. The molecule has 3 rings (SSSR count). The van der Waals surface area contributed by atoms with E-state index >= 15 is 0 Å². The topological polar surface area (TPSA) is 88.9 Å². The fraction of sp³-hybridized carbons (Fsp3) is 0.429. The normalized spacial score (nSPS) is 16.3. The van der Waals surface area contributed by atoms with Gasteiger partial charge in [0.1, 0.15) is 0 Å². The number of halogens is 3. The molecule has 31 heavy (non-hydrogen) atoms. The molecular formula is C21H26F3N5O2. The molecular weight excluding hydrogens is 411 g/mol. The first-order valence-corrected chi connectivity index (χ1v) is 9.86. The molecule has 0 atom stereocenters. The van der Waals surface area contributed by atoms with Crippen molar-refractivity contribution in [2.45, 2.75) is 33.1 Å². The number of anilines is 2. The van der Waals surface area contributed by atoms with Gasteiger partial charge in [-0.25, -0.2) is 9.50 Å². The summed E-state index contributed by atoms with van der Waals surface area (Å²) in [7, 11) is 0. The zero-order chi connectivity index (χ0) is 22.8. The van der Waals surface area contributed by atoms with Crippen molar-refractivity contribution < 1.29 is 23.0 Å². The van der Waals surface area contributed by atoms with Crippen molar-refractivity contribution in [3.05, 3.63) is 52.9 Å². The molecule has 0 aliphatic carbocycles. The van der Waals surface area contributed by atoms with E-state index < -0.39 is 18.4 Å². The van der Waals surface area contributed by atoms with Crippen LogP contribution in [0.1, 0.15) is 25.2 Å². The second kappa shape index (κ2) is 9.11. The lowest BCUT2D eigenvalue weighted by molar-refractivity contribution is -0.0890. The van der Waals surface area contributed by atoms with Crippen molar-refractivity contribution in [1.29, 1.82) is 0 Å². The number of fused-ring (bicyclic) bond motifs is 1. The molecule has 10 heteroatoms. The Bertz CT molecular complexity index is 1030. The SMILES string of the molecule is C=C(/C(C)=C(\C=C/C)Cc1c(CO)nc2c(N)cc(N3CCOCC3)nn12)C(F)(F)F. The molecule has 1 aliphatic rings. The van der Waals surface area contributed by atoms with Crippen molar-refractivity contribution in [3.63, 3.8) is 0 Å². The Kier molecular flexibility index (Phi) is 6.71. The monoisotopic (exact) mass is 437 g/mol. The second-order valence-electron chi connectivity index (χ2n) is 7.26. The highest BCUT2D eigenvalue weighted by molar-refractivity contribution is 5.69.